The van der Waals surface area contributed by atoms with E-state index in [4.69, 9.17) is 13.8 Å². The molecule has 10 aromatic rings. The molecule has 0 atom stereocenters. The predicted molar refractivity (Wildman–Crippen MR) is 210 cm³/mol. The lowest BCUT2D eigenvalue weighted by Gasteiger charge is -2.26. The van der Waals surface area contributed by atoms with Crippen molar-refractivity contribution in [3.63, 3.8) is 0 Å². The Labute approximate surface area is 294 Å². The molecule has 0 N–H and O–H groups in total. The van der Waals surface area contributed by atoms with E-state index in [-0.39, 0.29) is 0 Å². The number of rotatable bonds is 6. The number of nitrogens with zero attached hydrogens (tertiary/aromatic N) is 2. The van der Waals surface area contributed by atoms with Gasteiger partial charge in [0.25, 0.3) is 0 Å². The van der Waals surface area contributed by atoms with Gasteiger partial charge in [-0.1, -0.05) is 103 Å². The molecular formula is C47H30N2O2. The van der Waals surface area contributed by atoms with E-state index in [1.54, 1.807) is 0 Å². The summed E-state index contributed by atoms with van der Waals surface area (Å²) in [6.45, 7) is 0. The third-order valence-corrected chi connectivity index (χ3v) is 9.69. The zero-order chi connectivity index (χ0) is 33.7. The predicted octanol–water partition coefficient (Wildman–Crippen LogP) is 13.4. The second-order valence-electron chi connectivity index (χ2n) is 12.8. The van der Waals surface area contributed by atoms with Crippen LogP contribution in [0.1, 0.15) is 0 Å². The second-order valence-corrected chi connectivity index (χ2v) is 12.8. The van der Waals surface area contributed by atoms with Gasteiger partial charge in [-0.15, -0.1) is 0 Å². The maximum absolute atomic E-state index is 6.38. The molecular weight excluding hydrogens is 625 g/mol. The van der Waals surface area contributed by atoms with Gasteiger partial charge in [0.05, 0.1) is 5.39 Å². The first-order valence-electron chi connectivity index (χ1n) is 17.1. The molecule has 0 saturated carbocycles. The number of hydrogen-bond acceptors (Lipinski definition) is 4. The first kappa shape index (κ1) is 29.0. The van der Waals surface area contributed by atoms with Gasteiger partial charge in [0.1, 0.15) is 16.7 Å². The smallest absolute Gasteiger partial charge is 0.227 e. The Bertz CT molecular complexity index is 2840. The lowest BCUT2D eigenvalue weighted by Crippen LogP contribution is -2.09. The van der Waals surface area contributed by atoms with E-state index in [0.717, 1.165) is 66.8 Å². The van der Waals surface area contributed by atoms with Gasteiger partial charge >= 0.3 is 0 Å². The molecule has 8 aromatic carbocycles. The number of furan rings is 1. The number of oxazole rings is 1. The van der Waals surface area contributed by atoms with Crippen molar-refractivity contribution < 1.29 is 8.83 Å². The van der Waals surface area contributed by atoms with Crippen molar-refractivity contribution in [2.45, 2.75) is 0 Å². The Kier molecular flexibility index (Phi) is 6.78. The molecule has 0 aliphatic carbocycles. The fraction of sp³-hybridized carbons (Fsp3) is 0. The third-order valence-electron chi connectivity index (χ3n) is 9.69. The molecule has 0 amide bonds. The normalized spacial score (nSPS) is 11.5. The van der Waals surface area contributed by atoms with Crippen molar-refractivity contribution in [2.24, 2.45) is 0 Å². The van der Waals surface area contributed by atoms with E-state index in [1.807, 2.05) is 48.5 Å². The Balaban J connectivity index is 1.01. The lowest BCUT2D eigenvalue weighted by atomic mass is 10.0. The van der Waals surface area contributed by atoms with Gasteiger partial charge in [-0.25, -0.2) is 4.98 Å². The number of para-hydroxylation sites is 1. The molecule has 0 bridgehead atoms. The summed E-state index contributed by atoms with van der Waals surface area (Å²) in [5, 5.41) is 4.44. The van der Waals surface area contributed by atoms with Crippen molar-refractivity contribution in [3.8, 4) is 33.7 Å². The number of aromatic nitrogens is 1. The summed E-state index contributed by atoms with van der Waals surface area (Å²) in [5.41, 5.74) is 12.0. The number of hydrogen-bond donors (Lipinski definition) is 0. The fourth-order valence-corrected chi connectivity index (χ4v) is 7.13. The highest BCUT2D eigenvalue weighted by Crippen LogP contribution is 2.40. The van der Waals surface area contributed by atoms with Crippen LogP contribution in [0.2, 0.25) is 0 Å². The average molecular weight is 655 g/mol. The van der Waals surface area contributed by atoms with E-state index < -0.39 is 0 Å². The summed E-state index contributed by atoms with van der Waals surface area (Å²) in [5.74, 6) is 0.602. The van der Waals surface area contributed by atoms with E-state index in [1.165, 1.54) is 21.9 Å². The van der Waals surface area contributed by atoms with Crippen LogP contribution in [0.3, 0.4) is 0 Å². The minimum atomic E-state index is 0.602. The van der Waals surface area contributed by atoms with Gasteiger partial charge in [0, 0.05) is 28.0 Å². The minimum Gasteiger partial charge on any atom is -0.456 e. The highest BCUT2D eigenvalue weighted by molar-refractivity contribution is 6.17. The van der Waals surface area contributed by atoms with Crippen LogP contribution in [-0.2, 0) is 0 Å². The van der Waals surface area contributed by atoms with Crippen molar-refractivity contribution >= 4 is 60.9 Å². The monoisotopic (exact) mass is 654 g/mol. The van der Waals surface area contributed by atoms with Crippen molar-refractivity contribution in [1.29, 1.82) is 0 Å². The highest BCUT2D eigenvalue weighted by atomic mass is 16.4. The van der Waals surface area contributed by atoms with E-state index in [2.05, 4.69) is 138 Å². The van der Waals surface area contributed by atoms with Crippen LogP contribution in [0.25, 0.3) is 77.5 Å². The Morgan fingerprint density at radius 1 is 0.392 bits per heavy atom. The summed E-state index contributed by atoms with van der Waals surface area (Å²) in [6.07, 6.45) is 0. The lowest BCUT2D eigenvalue weighted by molar-refractivity contribution is 0.622. The molecule has 0 saturated heterocycles. The minimum absolute atomic E-state index is 0.602. The van der Waals surface area contributed by atoms with Crippen molar-refractivity contribution in [2.75, 3.05) is 4.90 Å². The zero-order valence-electron chi connectivity index (χ0n) is 27.5. The summed E-state index contributed by atoms with van der Waals surface area (Å²) < 4.78 is 12.7. The molecule has 0 aliphatic rings. The SMILES string of the molecule is c1ccc(-c2nc3ccc4oc5ccc(-c6ccc(N(c7ccccc7)c7ccc(-c8ccc9ccccc9c8)cc7)cc6)cc5c4c3o2)cc1. The molecule has 10 rings (SSSR count). The van der Waals surface area contributed by atoms with E-state index >= 15 is 0 Å². The van der Waals surface area contributed by atoms with Gasteiger partial charge in [0.2, 0.25) is 5.89 Å². The molecule has 4 nitrogen and oxygen atoms in total. The highest BCUT2D eigenvalue weighted by Gasteiger charge is 2.18. The van der Waals surface area contributed by atoms with E-state index in [0.29, 0.717) is 5.89 Å². The van der Waals surface area contributed by atoms with Crippen LogP contribution in [0.4, 0.5) is 17.1 Å². The first-order chi connectivity index (χ1) is 25.2. The van der Waals surface area contributed by atoms with Crippen LogP contribution in [-0.4, -0.2) is 4.98 Å². The topological polar surface area (TPSA) is 42.4 Å². The Hall–Kier alpha value is -6.91. The molecule has 0 fully saturated rings. The standard InChI is InChI=1S/C47H30N2O2/c1-3-10-34(11-4-1)47-48-42-26-28-44-45(46(42)51-47)41-30-37(21-27-43(41)50-44)33-19-24-40(25-20-33)49(38-13-5-2-6-14-38)39-22-17-32(18-23-39)36-16-15-31-9-7-8-12-35(31)29-36/h1-30H. The third kappa shape index (κ3) is 5.13. The Morgan fingerprint density at radius 3 is 1.69 bits per heavy atom. The number of benzene rings is 8. The van der Waals surface area contributed by atoms with Crippen LogP contribution in [0.15, 0.2) is 191 Å². The average Bonchev–Trinajstić information content (AvgIpc) is 3.81. The van der Waals surface area contributed by atoms with E-state index in [9.17, 15) is 0 Å². The summed E-state index contributed by atoms with van der Waals surface area (Å²) in [6, 6.07) is 63.6. The molecule has 4 heteroatoms. The van der Waals surface area contributed by atoms with Gasteiger partial charge in [-0.05, 0) is 112 Å². The quantitative estimate of drug-likeness (QED) is 0.179. The Morgan fingerprint density at radius 2 is 0.961 bits per heavy atom. The van der Waals surface area contributed by atoms with Crippen LogP contribution < -0.4 is 4.90 Å². The van der Waals surface area contributed by atoms with Crippen LogP contribution in [0.5, 0.6) is 0 Å². The largest absolute Gasteiger partial charge is 0.456 e. The second kappa shape index (κ2) is 11.9. The summed E-state index contributed by atoms with van der Waals surface area (Å²) in [7, 11) is 0. The molecule has 240 valence electrons. The number of anilines is 3. The van der Waals surface area contributed by atoms with Gasteiger partial charge in [-0.3, -0.25) is 0 Å². The maximum Gasteiger partial charge on any atom is 0.227 e. The maximum atomic E-state index is 6.38. The van der Waals surface area contributed by atoms with Crippen LogP contribution >= 0.6 is 0 Å². The summed E-state index contributed by atoms with van der Waals surface area (Å²) >= 11 is 0. The molecule has 51 heavy (non-hydrogen) atoms. The molecule has 0 unspecified atom stereocenters. The molecule has 0 aliphatic heterocycles. The molecule has 0 radical (unpaired) electrons. The summed E-state index contributed by atoms with van der Waals surface area (Å²) in [4.78, 5) is 7.09. The van der Waals surface area contributed by atoms with Gasteiger partial charge < -0.3 is 13.7 Å². The first-order valence-corrected chi connectivity index (χ1v) is 17.1. The van der Waals surface area contributed by atoms with Gasteiger partial charge in [-0.2, -0.15) is 0 Å². The van der Waals surface area contributed by atoms with Crippen LogP contribution in [0, 0.1) is 0 Å². The molecule has 2 heterocycles. The van der Waals surface area contributed by atoms with Gasteiger partial charge in [0.15, 0.2) is 5.58 Å². The zero-order valence-corrected chi connectivity index (χ0v) is 27.5. The van der Waals surface area contributed by atoms with Crippen molar-refractivity contribution in [3.05, 3.63) is 182 Å². The molecule has 2 aromatic heterocycles. The fourth-order valence-electron chi connectivity index (χ4n) is 7.13. The molecule has 0 spiro atoms. The number of fused-ring (bicyclic) bond motifs is 6. The van der Waals surface area contributed by atoms with Crippen molar-refractivity contribution in [1.82, 2.24) is 4.98 Å².